The topological polar surface area (TPSA) is 56.7 Å². The maximum Gasteiger partial charge on any atom is 0.222 e. The van der Waals surface area contributed by atoms with Gasteiger partial charge in [-0.1, -0.05) is 68.4 Å². The van der Waals surface area contributed by atoms with Crippen molar-refractivity contribution in [1.82, 2.24) is 15.5 Å². The average Bonchev–Trinajstić information content (AvgIpc) is 3.15. The monoisotopic (exact) mass is 406 g/mol. The third-order valence-corrected chi connectivity index (χ3v) is 5.55. The van der Waals surface area contributed by atoms with Crippen LogP contribution in [0.25, 0.3) is 0 Å². The van der Waals surface area contributed by atoms with Gasteiger partial charge in [0.15, 0.2) is 5.96 Å². The predicted octanol–water partition coefficient (Wildman–Crippen LogP) is 3.84. The molecule has 0 aromatic heterocycles. The van der Waals surface area contributed by atoms with Crippen LogP contribution in [0.3, 0.4) is 0 Å². The first kappa shape index (κ1) is 21.9. The first-order chi connectivity index (χ1) is 14.5. The van der Waals surface area contributed by atoms with Crippen molar-refractivity contribution in [3.8, 4) is 0 Å². The van der Waals surface area contributed by atoms with Gasteiger partial charge in [0, 0.05) is 38.0 Å². The fourth-order valence-corrected chi connectivity index (χ4v) is 3.73. The summed E-state index contributed by atoms with van der Waals surface area (Å²) < 4.78 is 0. The van der Waals surface area contributed by atoms with Gasteiger partial charge in [-0.25, -0.2) is 4.99 Å². The molecule has 0 atom stereocenters. The summed E-state index contributed by atoms with van der Waals surface area (Å²) in [6, 6.07) is 18.9. The molecule has 0 spiro atoms. The summed E-state index contributed by atoms with van der Waals surface area (Å²) in [5.41, 5.74) is 3.62. The zero-order chi connectivity index (χ0) is 21.4. The number of aliphatic imine (C=N–C) groups is 1. The number of carbonyl (C=O) groups excluding carboxylic acids is 1. The number of guanidine groups is 1. The van der Waals surface area contributed by atoms with Gasteiger partial charge in [-0.2, -0.15) is 0 Å². The molecule has 1 aliphatic rings. The summed E-state index contributed by atoms with van der Waals surface area (Å²) in [6.45, 7) is 10.3. The second-order valence-corrected chi connectivity index (χ2v) is 8.54. The predicted molar refractivity (Wildman–Crippen MR) is 123 cm³/mol. The van der Waals surface area contributed by atoms with E-state index in [1.54, 1.807) is 0 Å². The Balaban J connectivity index is 1.61. The van der Waals surface area contributed by atoms with Crippen molar-refractivity contribution in [3.63, 3.8) is 0 Å². The average molecular weight is 407 g/mol. The largest absolute Gasteiger partial charge is 0.357 e. The van der Waals surface area contributed by atoms with E-state index in [2.05, 4.69) is 79.9 Å². The quantitative estimate of drug-likeness (QED) is 0.517. The lowest BCUT2D eigenvalue weighted by atomic mass is 9.85. The lowest BCUT2D eigenvalue weighted by molar-refractivity contribution is -0.128. The molecule has 5 heteroatoms. The van der Waals surface area contributed by atoms with Crippen molar-refractivity contribution < 1.29 is 4.79 Å². The summed E-state index contributed by atoms with van der Waals surface area (Å²) in [7, 11) is 0. The highest BCUT2D eigenvalue weighted by Gasteiger charge is 2.21. The number of hydrogen-bond donors (Lipinski definition) is 2. The number of likely N-dealkylation sites (tertiary alicyclic amines) is 1. The Hall–Kier alpha value is -2.82. The fourth-order valence-electron chi connectivity index (χ4n) is 3.73. The van der Waals surface area contributed by atoms with Crippen molar-refractivity contribution in [3.05, 3.63) is 71.3 Å². The first-order valence-electron chi connectivity index (χ1n) is 10.9. The minimum absolute atomic E-state index is 0.000363. The van der Waals surface area contributed by atoms with Crippen LogP contribution in [-0.4, -0.2) is 36.4 Å². The van der Waals surface area contributed by atoms with Gasteiger partial charge in [0.1, 0.15) is 0 Å². The van der Waals surface area contributed by atoms with E-state index in [0.29, 0.717) is 19.5 Å². The highest BCUT2D eigenvalue weighted by Crippen LogP contribution is 2.21. The van der Waals surface area contributed by atoms with Gasteiger partial charge < -0.3 is 15.5 Å². The Labute approximate surface area is 180 Å². The molecule has 3 rings (SSSR count). The van der Waals surface area contributed by atoms with Gasteiger partial charge in [0.05, 0.1) is 6.54 Å². The first-order valence-corrected chi connectivity index (χ1v) is 10.9. The van der Waals surface area contributed by atoms with Crippen molar-refractivity contribution in [2.45, 2.75) is 52.1 Å². The van der Waals surface area contributed by atoms with E-state index in [4.69, 9.17) is 4.99 Å². The SMILES string of the molecule is CCNC(=NCc1cccc(CN2CCCC2=O)c1)NCC(C)(C)c1ccccc1. The normalized spacial score (nSPS) is 14.8. The summed E-state index contributed by atoms with van der Waals surface area (Å²) in [5.74, 6) is 1.08. The third-order valence-electron chi connectivity index (χ3n) is 5.55. The summed E-state index contributed by atoms with van der Waals surface area (Å²) >= 11 is 0. The minimum Gasteiger partial charge on any atom is -0.357 e. The van der Waals surface area contributed by atoms with E-state index in [-0.39, 0.29) is 11.3 Å². The lowest BCUT2D eigenvalue weighted by Gasteiger charge is -2.26. The van der Waals surface area contributed by atoms with Crippen LogP contribution in [0.15, 0.2) is 59.6 Å². The van der Waals surface area contributed by atoms with E-state index >= 15 is 0 Å². The van der Waals surface area contributed by atoms with Crippen LogP contribution in [0.4, 0.5) is 0 Å². The van der Waals surface area contributed by atoms with Crippen LogP contribution in [0.1, 0.15) is 50.3 Å². The molecule has 1 amide bonds. The van der Waals surface area contributed by atoms with Crippen molar-refractivity contribution in [1.29, 1.82) is 0 Å². The van der Waals surface area contributed by atoms with Crippen molar-refractivity contribution in [2.75, 3.05) is 19.6 Å². The molecule has 2 aromatic rings. The number of rotatable bonds is 8. The number of amides is 1. The highest BCUT2D eigenvalue weighted by atomic mass is 16.2. The second kappa shape index (κ2) is 10.3. The van der Waals surface area contributed by atoms with Crippen LogP contribution < -0.4 is 10.6 Å². The van der Waals surface area contributed by atoms with Gasteiger partial charge in [0.25, 0.3) is 0 Å². The Bertz CT molecular complexity index is 860. The Kier molecular flexibility index (Phi) is 7.50. The van der Waals surface area contributed by atoms with Crippen LogP contribution in [-0.2, 0) is 23.3 Å². The number of carbonyl (C=O) groups is 1. The highest BCUT2D eigenvalue weighted by molar-refractivity contribution is 5.80. The minimum atomic E-state index is -0.000363. The van der Waals surface area contributed by atoms with E-state index in [1.165, 1.54) is 11.1 Å². The zero-order valence-corrected chi connectivity index (χ0v) is 18.4. The molecule has 1 saturated heterocycles. The van der Waals surface area contributed by atoms with E-state index < -0.39 is 0 Å². The molecule has 0 unspecified atom stereocenters. The maximum atomic E-state index is 11.9. The van der Waals surface area contributed by atoms with Crippen molar-refractivity contribution in [2.24, 2.45) is 4.99 Å². The smallest absolute Gasteiger partial charge is 0.222 e. The summed E-state index contributed by atoms with van der Waals surface area (Å²) in [5, 5.41) is 6.84. The Morgan fingerprint density at radius 1 is 1.07 bits per heavy atom. The Morgan fingerprint density at radius 2 is 1.83 bits per heavy atom. The van der Waals surface area contributed by atoms with E-state index in [1.807, 2.05) is 11.0 Å². The second-order valence-electron chi connectivity index (χ2n) is 8.54. The molecule has 0 radical (unpaired) electrons. The van der Waals surface area contributed by atoms with Gasteiger partial charge in [-0.3, -0.25) is 4.79 Å². The van der Waals surface area contributed by atoms with E-state index in [9.17, 15) is 4.79 Å². The molecule has 2 aromatic carbocycles. The molecule has 1 fully saturated rings. The van der Waals surface area contributed by atoms with Gasteiger partial charge in [-0.15, -0.1) is 0 Å². The maximum absolute atomic E-state index is 11.9. The molecule has 30 heavy (non-hydrogen) atoms. The lowest BCUT2D eigenvalue weighted by Crippen LogP contribution is -2.43. The third kappa shape index (κ3) is 6.09. The van der Waals surface area contributed by atoms with Gasteiger partial charge in [-0.05, 0) is 30.0 Å². The number of hydrogen-bond acceptors (Lipinski definition) is 2. The van der Waals surface area contributed by atoms with Crippen LogP contribution >= 0.6 is 0 Å². The number of nitrogens with zero attached hydrogens (tertiary/aromatic N) is 2. The molecule has 1 aliphatic heterocycles. The van der Waals surface area contributed by atoms with Crippen molar-refractivity contribution >= 4 is 11.9 Å². The molecule has 5 nitrogen and oxygen atoms in total. The molecule has 1 heterocycles. The van der Waals surface area contributed by atoms with E-state index in [0.717, 1.165) is 37.6 Å². The van der Waals surface area contributed by atoms with Gasteiger partial charge >= 0.3 is 0 Å². The number of benzene rings is 2. The molecule has 160 valence electrons. The summed E-state index contributed by atoms with van der Waals surface area (Å²) in [4.78, 5) is 18.6. The zero-order valence-electron chi connectivity index (χ0n) is 18.4. The fraction of sp³-hybridized carbons (Fsp3) is 0.440. The Morgan fingerprint density at radius 3 is 2.53 bits per heavy atom. The van der Waals surface area contributed by atoms with Crippen LogP contribution in [0, 0.1) is 0 Å². The number of nitrogens with one attached hydrogen (secondary N) is 2. The molecule has 2 N–H and O–H groups in total. The molecule has 0 aliphatic carbocycles. The van der Waals surface area contributed by atoms with Gasteiger partial charge in [0.2, 0.25) is 5.91 Å². The van der Waals surface area contributed by atoms with Crippen LogP contribution in [0.5, 0.6) is 0 Å². The molecule has 0 saturated carbocycles. The standard InChI is InChI=1S/C25H34N4O/c1-4-26-24(28-19-25(2,3)22-12-6-5-7-13-22)27-17-20-10-8-11-21(16-20)18-29-15-9-14-23(29)30/h5-8,10-13,16H,4,9,14-15,17-19H2,1-3H3,(H2,26,27,28). The molecular formula is C25H34N4O. The van der Waals surface area contributed by atoms with Crippen LogP contribution in [0.2, 0.25) is 0 Å². The molecular weight excluding hydrogens is 372 g/mol. The molecule has 0 bridgehead atoms. The summed E-state index contributed by atoms with van der Waals surface area (Å²) in [6.07, 6.45) is 1.65.